The highest BCUT2D eigenvalue weighted by Gasteiger charge is 2.51. The summed E-state index contributed by atoms with van der Waals surface area (Å²) in [5.74, 6) is -1.01. The van der Waals surface area contributed by atoms with E-state index < -0.39 is 5.91 Å². The molecular formula is C17H22FN3O2. The zero-order valence-electron chi connectivity index (χ0n) is 13.1. The molecule has 0 bridgehead atoms. The SMILES string of the molecule is O=C(NO)c1cc(F)c2c(c1)CCN([C@@H]1CC[C@@]13CCNC3)C2. The fourth-order valence-electron chi connectivity index (χ4n) is 4.61. The topological polar surface area (TPSA) is 64.6 Å². The highest BCUT2D eigenvalue weighted by atomic mass is 19.1. The Morgan fingerprint density at radius 1 is 1.43 bits per heavy atom. The Labute approximate surface area is 134 Å². The predicted molar refractivity (Wildman–Crippen MR) is 82.7 cm³/mol. The molecule has 0 unspecified atom stereocenters. The van der Waals surface area contributed by atoms with Crippen LogP contribution in [-0.4, -0.2) is 41.7 Å². The Kier molecular flexibility index (Phi) is 3.63. The third-order valence-corrected chi connectivity index (χ3v) is 6.02. The van der Waals surface area contributed by atoms with Crippen molar-refractivity contribution in [2.24, 2.45) is 5.41 Å². The second-order valence-corrected chi connectivity index (χ2v) is 7.10. The van der Waals surface area contributed by atoms with Gasteiger partial charge in [-0.2, -0.15) is 0 Å². The van der Waals surface area contributed by atoms with Crippen LogP contribution in [0.1, 0.15) is 40.7 Å². The van der Waals surface area contributed by atoms with Gasteiger partial charge in [0, 0.05) is 36.8 Å². The number of hydrogen-bond acceptors (Lipinski definition) is 4. The van der Waals surface area contributed by atoms with Crippen LogP contribution in [0.4, 0.5) is 4.39 Å². The summed E-state index contributed by atoms with van der Waals surface area (Å²) in [6.07, 6.45) is 4.44. The van der Waals surface area contributed by atoms with Crippen molar-refractivity contribution in [2.75, 3.05) is 19.6 Å². The van der Waals surface area contributed by atoms with E-state index in [2.05, 4.69) is 10.2 Å². The van der Waals surface area contributed by atoms with Gasteiger partial charge in [0.1, 0.15) is 5.82 Å². The number of amides is 1. The van der Waals surface area contributed by atoms with Gasteiger partial charge in [0.2, 0.25) is 0 Å². The molecule has 2 fully saturated rings. The first kappa shape index (κ1) is 15.1. The summed E-state index contributed by atoms with van der Waals surface area (Å²) in [6, 6.07) is 3.47. The molecule has 1 amide bonds. The first-order valence-electron chi connectivity index (χ1n) is 8.33. The molecule has 1 aromatic carbocycles. The van der Waals surface area contributed by atoms with Gasteiger partial charge in [-0.05, 0) is 55.3 Å². The summed E-state index contributed by atoms with van der Waals surface area (Å²) in [5, 5.41) is 12.2. The molecule has 2 atom stereocenters. The third-order valence-electron chi connectivity index (χ3n) is 6.02. The minimum Gasteiger partial charge on any atom is -0.316 e. The molecule has 4 rings (SSSR count). The summed E-state index contributed by atoms with van der Waals surface area (Å²) in [6.45, 7) is 3.70. The number of hydrogen-bond donors (Lipinski definition) is 3. The van der Waals surface area contributed by atoms with E-state index in [1.54, 1.807) is 11.5 Å². The summed E-state index contributed by atoms with van der Waals surface area (Å²) < 4.78 is 14.5. The molecule has 6 heteroatoms. The molecule has 124 valence electrons. The Morgan fingerprint density at radius 2 is 2.30 bits per heavy atom. The standard InChI is InChI=1S/C17H22FN3O2/c18-14-8-12(16(22)20-23)7-11-2-6-21(9-13(11)14)15-1-3-17(15)4-5-19-10-17/h7-8,15,19,23H,1-6,9-10H2,(H,20,22)/t15-,17+/m1/s1. The zero-order valence-corrected chi connectivity index (χ0v) is 13.1. The second kappa shape index (κ2) is 5.54. The van der Waals surface area contributed by atoms with Gasteiger partial charge in [0.15, 0.2) is 0 Å². The van der Waals surface area contributed by atoms with Crippen molar-refractivity contribution in [2.45, 2.75) is 38.3 Å². The van der Waals surface area contributed by atoms with Gasteiger partial charge in [-0.3, -0.25) is 14.9 Å². The fourth-order valence-corrected chi connectivity index (χ4v) is 4.61. The van der Waals surface area contributed by atoms with Gasteiger partial charge in [-0.25, -0.2) is 9.87 Å². The normalized spacial score (nSPS) is 30.1. The van der Waals surface area contributed by atoms with E-state index in [-0.39, 0.29) is 11.4 Å². The first-order valence-corrected chi connectivity index (χ1v) is 8.33. The van der Waals surface area contributed by atoms with Crippen molar-refractivity contribution in [3.63, 3.8) is 0 Å². The van der Waals surface area contributed by atoms with E-state index in [0.29, 0.717) is 23.6 Å². The van der Waals surface area contributed by atoms with Gasteiger partial charge in [-0.15, -0.1) is 0 Å². The molecule has 1 aromatic rings. The van der Waals surface area contributed by atoms with Gasteiger partial charge in [-0.1, -0.05) is 0 Å². The van der Waals surface area contributed by atoms with Crippen molar-refractivity contribution < 1.29 is 14.4 Å². The minimum absolute atomic E-state index is 0.178. The third kappa shape index (κ3) is 2.36. The van der Waals surface area contributed by atoms with Crippen LogP contribution in [0.3, 0.4) is 0 Å². The summed E-state index contributed by atoms with van der Waals surface area (Å²) in [4.78, 5) is 13.9. The van der Waals surface area contributed by atoms with Crippen LogP contribution in [0.15, 0.2) is 12.1 Å². The molecule has 3 N–H and O–H groups in total. The lowest BCUT2D eigenvalue weighted by Crippen LogP contribution is -2.57. The lowest BCUT2D eigenvalue weighted by molar-refractivity contribution is -0.0209. The van der Waals surface area contributed by atoms with Crippen molar-refractivity contribution in [3.8, 4) is 0 Å². The molecule has 3 aliphatic rings. The van der Waals surface area contributed by atoms with Crippen LogP contribution < -0.4 is 10.8 Å². The Hall–Kier alpha value is -1.50. The Bertz CT molecular complexity index is 643. The van der Waals surface area contributed by atoms with E-state index in [1.165, 1.54) is 25.3 Å². The molecular weight excluding hydrogens is 297 g/mol. The maximum Gasteiger partial charge on any atom is 0.274 e. The molecule has 0 aromatic heterocycles. The molecule has 23 heavy (non-hydrogen) atoms. The number of halogens is 1. The number of hydroxylamine groups is 1. The number of nitrogens with zero attached hydrogens (tertiary/aromatic N) is 1. The maximum absolute atomic E-state index is 14.5. The summed E-state index contributed by atoms with van der Waals surface area (Å²) in [5.41, 5.74) is 3.74. The van der Waals surface area contributed by atoms with E-state index in [4.69, 9.17) is 5.21 Å². The van der Waals surface area contributed by atoms with E-state index in [0.717, 1.165) is 31.6 Å². The highest BCUT2D eigenvalue weighted by molar-refractivity contribution is 5.93. The molecule has 2 heterocycles. The Balaban J connectivity index is 1.57. The number of fused-ring (bicyclic) bond motifs is 1. The molecule has 5 nitrogen and oxygen atoms in total. The highest BCUT2D eigenvalue weighted by Crippen LogP contribution is 2.49. The monoisotopic (exact) mass is 319 g/mol. The van der Waals surface area contributed by atoms with Crippen molar-refractivity contribution in [1.29, 1.82) is 0 Å². The molecule has 1 spiro atoms. The maximum atomic E-state index is 14.5. The molecule has 2 aliphatic heterocycles. The molecule has 1 saturated heterocycles. The summed E-state index contributed by atoms with van der Waals surface area (Å²) in [7, 11) is 0. The van der Waals surface area contributed by atoms with Crippen LogP contribution in [0.25, 0.3) is 0 Å². The van der Waals surface area contributed by atoms with Crippen LogP contribution in [0.2, 0.25) is 0 Å². The van der Waals surface area contributed by atoms with Gasteiger partial charge in [0.05, 0.1) is 0 Å². The smallest absolute Gasteiger partial charge is 0.274 e. The quantitative estimate of drug-likeness (QED) is 0.570. The largest absolute Gasteiger partial charge is 0.316 e. The summed E-state index contributed by atoms with van der Waals surface area (Å²) >= 11 is 0. The van der Waals surface area contributed by atoms with E-state index in [1.807, 2.05) is 0 Å². The number of rotatable bonds is 2. The number of carbonyl (C=O) groups excluding carboxylic acids is 1. The fraction of sp³-hybridized carbons (Fsp3) is 0.588. The lowest BCUT2D eigenvalue weighted by atomic mass is 9.63. The number of nitrogens with one attached hydrogen (secondary N) is 2. The molecule has 0 radical (unpaired) electrons. The van der Waals surface area contributed by atoms with Crippen LogP contribution in [0, 0.1) is 11.2 Å². The van der Waals surface area contributed by atoms with Crippen molar-refractivity contribution >= 4 is 5.91 Å². The Morgan fingerprint density at radius 3 is 2.96 bits per heavy atom. The van der Waals surface area contributed by atoms with Crippen molar-refractivity contribution in [1.82, 2.24) is 15.7 Å². The van der Waals surface area contributed by atoms with Crippen LogP contribution >= 0.6 is 0 Å². The van der Waals surface area contributed by atoms with Crippen LogP contribution in [-0.2, 0) is 13.0 Å². The average Bonchev–Trinajstić information content (AvgIpc) is 3.05. The van der Waals surface area contributed by atoms with Crippen molar-refractivity contribution in [3.05, 3.63) is 34.6 Å². The predicted octanol–water partition coefficient (Wildman–Crippen LogP) is 1.44. The zero-order chi connectivity index (χ0) is 16.0. The van der Waals surface area contributed by atoms with E-state index in [9.17, 15) is 9.18 Å². The second-order valence-electron chi connectivity index (χ2n) is 7.10. The van der Waals surface area contributed by atoms with Gasteiger partial charge >= 0.3 is 0 Å². The number of benzene rings is 1. The first-order chi connectivity index (χ1) is 11.1. The molecule has 1 aliphatic carbocycles. The van der Waals surface area contributed by atoms with Gasteiger partial charge < -0.3 is 5.32 Å². The van der Waals surface area contributed by atoms with Gasteiger partial charge in [0.25, 0.3) is 5.91 Å². The van der Waals surface area contributed by atoms with E-state index >= 15 is 0 Å². The van der Waals surface area contributed by atoms with Crippen LogP contribution in [0.5, 0.6) is 0 Å². The minimum atomic E-state index is -0.663. The average molecular weight is 319 g/mol. The number of carbonyl (C=O) groups is 1. The lowest BCUT2D eigenvalue weighted by Gasteiger charge is -2.53. The molecule has 1 saturated carbocycles.